The Labute approximate surface area is 78.1 Å². The summed E-state index contributed by atoms with van der Waals surface area (Å²) < 4.78 is 4.98. The molecule has 0 aromatic heterocycles. The number of ether oxygens (including phenoxy) is 1. The van der Waals surface area contributed by atoms with Crippen molar-refractivity contribution >= 4 is 12.4 Å². The standard InChI is InChI=1S/C7H15NO3.ClH/c1-11-7-5(8)2-4(3-9)6(7)10;/h4-7,9-10H,2-3,8H2,1H3;1H/t4-,5-,6-,7+;/m1./s1. The van der Waals surface area contributed by atoms with Gasteiger partial charge < -0.3 is 20.7 Å². The number of hydrogen-bond donors (Lipinski definition) is 3. The molecular weight excluding hydrogens is 182 g/mol. The van der Waals surface area contributed by atoms with Gasteiger partial charge in [-0.25, -0.2) is 0 Å². The van der Waals surface area contributed by atoms with E-state index in [-0.39, 0.29) is 37.1 Å². The van der Waals surface area contributed by atoms with Gasteiger partial charge in [-0.2, -0.15) is 0 Å². The summed E-state index contributed by atoms with van der Waals surface area (Å²) >= 11 is 0. The third kappa shape index (κ3) is 2.08. The maximum absolute atomic E-state index is 9.45. The van der Waals surface area contributed by atoms with Gasteiger partial charge in [0.1, 0.15) is 0 Å². The Bertz CT molecular complexity index is 136. The lowest BCUT2D eigenvalue weighted by molar-refractivity contribution is -0.0217. The fourth-order valence-corrected chi connectivity index (χ4v) is 1.64. The molecule has 5 heteroatoms. The molecule has 0 aliphatic heterocycles. The Kier molecular flexibility index (Phi) is 5.04. The summed E-state index contributed by atoms with van der Waals surface area (Å²) in [6, 6.07) is -0.146. The lowest BCUT2D eigenvalue weighted by Crippen LogP contribution is -2.37. The zero-order chi connectivity index (χ0) is 8.43. The molecule has 0 saturated heterocycles. The maximum Gasteiger partial charge on any atom is 0.0984 e. The zero-order valence-corrected chi connectivity index (χ0v) is 7.83. The smallest absolute Gasteiger partial charge is 0.0984 e. The minimum Gasteiger partial charge on any atom is -0.396 e. The quantitative estimate of drug-likeness (QED) is 0.538. The number of halogens is 1. The molecule has 4 nitrogen and oxygen atoms in total. The van der Waals surface area contributed by atoms with Crippen molar-refractivity contribution in [2.45, 2.75) is 24.7 Å². The average molecular weight is 198 g/mol. The van der Waals surface area contributed by atoms with Gasteiger partial charge in [0, 0.05) is 25.7 Å². The minimum absolute atomic E-state index is 0. The summed E-state index contributed by atoms with van der Waals surface area (Å²) in [6.07, 6.45) is -0.289. The molecule has 1 aliphatic rings. The largest absolute Gasteiger partial charge is 0.396 e. The van der Waals surface area contributed by atoms with Gasteiger partial charge in [-0.15, -0.1) is 12.4 Å². The first-order chi connectivity index (χ1) is 5.20. The highest BCUT2D eigenvalue weighted by Crippen LogP contribution is 2.26. The summed E-state index contributed by atoms with van der Waals surface area (Å²) in [4.78, 5) is 0. The molecule has 1 fully saturated rings. The highest BCUT2D eigenvalue weighted by molar-refractivity contribution is 5.85. The van der Waals surface area contributed by atoms with Crippen LogP contribution in [0.2, 0.25) is 0 Å². The van der Waals surface area contributed by atoms with Gasteiger partial charge >= 0.3 is 0 Å². The zero-order valence-electron chi connectivity index (χ0n) is 7.01. The predicted molar refractivity (Wildman–Crippen MR) is 47.2 cm³/mol. The van der Waals surface area contributed by atoms with Gasteiger partial charge in [-0.05, 0) is 6.42 Å². The number of hydrogen-bond acceptors (Lipinski definition) is 4. The van der Waals surface area contributed by atoms with E-state index in [4.69, 9.17) is 15.6 Å². The normalized spacial score (nSPS) is 41.0. The van der Waals surface area contributed by atoms with Crippen LogP contribution in [0.15, 0.2) is 0 Å². The Balaban J connectivity index is 0.00000121. The molecule has 0 bridgehead atoms. The van der Waals surface area contributed by atoms with E-state index in [1.54, 1.807) is 0 Å². The molecule has 0 aromatic rings. The molecule has 74 valence electrons. The number of nitrogens with two attached hydrogens (primary N) is 1. The van der Waals surface area contributed by atoms with Gasteiger partial charge in [0.15, 0.2) is 0 Å². The Morgan fingerprint density at radius 1 is 1.58 bits per heavy atom. The van der Waals surface area contributed by atoms with Gasteiger partial charge in [-0.3, -0.25) is 0 Å². The minimum atomic E-state index is -0.611. The van der Waals surface area contributed by atoms with Gasteiger partial charge in [0.25, 0.3) is 0 Å². The van der Waals surface area contributed by atoms with E-state index >= 15 is 0 Å². The van der Waals surface area contributed by atoms with Gasteiger partial charge in [-0.1, -0.05) is 0 Å². The molecule has 4 N–H and O–H groups in total. The summed E-state index contributed by atoms with van der Waals surface area (Å²) in [5, 5.41) is 18.3. The third-order valence-electron chi connectivity index (χ3n) is 2.32. The van der Waals surface area contributed by atoms with Crippen LogP contribution in [0.25, 0.3) is 0 Å². The summed E-state index contributed by atoms with van der Waals surface area (Å²) in [5.74, 6) is -0.116. The molecule has 4 atom stereocenters. The van der Waals surface area contributed by atoms with E-state index in [1.165, 1.54) is 7.11 Å². The molecular formula is C7H16ClNO3. The van der Waals surface area contributed by atoms with Crippen LogP contribution >= 0.6 is 12.4 Å². The Morgan fingerprint density at radius 3 is 2.42 bits per heavy atom. The van der Waals surface area contributed by atoms with Crippen LogP contribution in [0.3, 0.4) is 0 Å². The lowest BCUT2D eigenvalue weighted by atomic mass is 10.1. The molecule has 0 spiro atoms. The van der Waals surface area contributed by atoms with Crippen molar-refractivity contribution in [2.24, 2.45) is 11.7 Å². The first kappa shape index (κ1) is 12.1. The molecule has 0 unspecified atom stereocenters. The molecule has 1 saturated carbocycles. The topological polar surface area (TPSA) is 75.7 Å². The SMILES string of the molecule is CO[C@@H]1[C@H](O)[C@@H](CO)C[C@H]1N.Cl. The highest BCUT2D eigenvalue weighted by atomic mass is 35.5. The van der Waals surface area contributed by atoms with Crippen molar-refractivity contribution in [1.82, 2.24) is 0 Å². The summed E-state index contributed by atoms with van der Waals surface area (Å²) in [6.45, 7) is -0.0191. The van der Waals surface area contributed by atoms with Crippen molar-refractivity contribution < 1.29 is 14.9 Å². The second kappa shape index (κ2) is 4.99. The van der Waals surface area contributed by atoms with Crippen LogP contribution in [-0.4, -0.2) is 42.2 Å². The molecule has 0 radical (unpaired) electrons. The highest BCUT2D eigenvalue weighted by Gasteiger charge is 2.40. The number of aliphatic hydroxyl groups excluding tert-OH is 2. The molecule has 1 aliphatic carbocycles. The maximum atomic E-state index is 9.45. The second-order valence-electron chi connectivity index (χ2n) is 3.03. The van der Waals surface area contributed by atoms with Crippen molar-refractivity contribution in [3.63, 3.8) is 0 Å². The van der Waals surface area contributed by atoms with Crippen LogP contribution < -0.4 is 5.73 Å². The van der Waals surface area contributed by atoms with Gasteiger partial charge in [0.2, 0.25) is 0 Å². The number of rotatable bonds is 2. The van der Waals surface area contributed by atoms with Crippen LogP contribution in [0.1, 0.15) is 6.42 Å². The Morgan fingerprint density at radius 2 is 2.17 bits per heavy atom. The molecule has 0 heterocycles. The van der Waals surface area contributed by atoms with Crippen LogP contribution in [0.5, 0.6) is 0 Å². The molecule has 0 amide bonds. The summed E-state index contributed by atoms with van der Waals surface area (Å²) in [7, 11) is 1.52. The molecule has 1 rings (SSSR count). The monoisotopic (exact) mass is 197 g/mol. The number of aliphatic hydroxyl groups is 2. The van der Waals surface area contributed by atoms with E-state index in [9.17, 15) is 5.11 Å². The van der Waals surface area contributed by atoms with E-state index < -0.39 is 6.10 Å². The van der Waals surface area contributed by atoms with E-state index in [0.717, 1.165) is 0 Å². The second-order valence-corrected chi connectivity index (χ2v) is 3.03. The van der Waals surface area contributed by atoms with E-state index in [2.05, 4.69) is 0 Å². The first-order valence-electron chi connectivity index (χ1n) is 3.78. The molecule has 0 aromatic carbocycles. The fourth-order valence-electron chi connectivity index (χ4n) is 1.64. The Hall–Kier alpha value is 0.130. The molecule has 12 heavy (non-hydrogen) atoms. The summed E-state index contributed by atoms with van der Waals surface area (Å²) in [5.41, 5.74) is 5.65. The lowest BCUT2D eigenvalue weighted by Gasteiger charge is -2.17. The van der Waals surface area contributed by atoms with E-state index in [0.29, 0.717) is 6.42 Å². The van der Waals surface area contributed by atoms with Crippen molar-refractivity contribution in [1.29, 1.82) is 0 Å². The van der Waals surface area contributed by atoms with Crippen LogP contribution in [0, 0.1) is 5.92 Å². The van der Waals surface area contributed by atoms with Gasteiger partial charge in [0.05, 0.1) is 12.2 Å². The van der Waals surface area contributed by atoms with Crippen LogP contribution in [-0.2, 0) is 4.74 Å². The van der Waals surface area contributed by atoms with Crippen molar-refractivity contribution in [3.8, 4) is 0 Å². The third-order valence-corrected chi connectivity index (χ3v) is 2.32. The van der Waals surface area contributed by atoms with Crippen molar-refractivity contribution in [3.05, 3.63) is 0 Å². The van der Waals surface area contributed by atoms with Crippen LogP contribution in [0.4, 0.5) is 0 Å². The van der Waals surface area contributed by atoms with Crippen molar-refractivity contribution in [2.75, 3.05) is 13.7 Å². The fraction of sp³-hybridized carbons (Fsp3) is 1.00. The van der Waals surface area contributed by atoms with E-state index in [1.807, 2.05) is 0 Å². The predicted octanol–water partition coefficient (Wildman–Crippen LogP) is -0.876. The average Bonchev–Trinajstić information content (AvgIpc) is 2.26. The first-order valence-corrected chi connectivity index (χ1v) is 3.78. The number of methoxy groups -OCH3 is 1.